The van der Waals surface area contributed by atoms with Crippen molar-refractivity contribution in [3.63, 3.8) is 0 Å². The number of hydrogen-bond acceptors (Lipinski definition) is 5. The monoisotopic (exact) mass is 500 g/mol. The topological polar surface area (TPSA) is 61.5 Å². The molecule has 2 aromatic carbocycles. The number of aromatic nitrogens is 3. The summed E-state index contributed by atoms with van der Waals surface area (Å²) in [6, 6.07) is 16.7. The van der Waals surface area contributed by atoms with E-state index < -0.39 is 0 Å². The van der Waals surface area contributed by atoms with Crippen molar-refractivity contribution in [3.05, 3.63) is 87.9 Å². The maximum atomic E-state index is 12.7. The Morgan fingerprint density at radius 2 is 1.79 bits per heavy atom. The van der Waals surface area contributed by atoms with Gasteiger partial charge < -0.3 is 9.47 Å². The Morgan fingerprint density at radius 1 is 1.00 bits per heavy atom. The Kier molecular flexibility index (Phi) is 7.90. The summed E-state index contributed by atoms with van der Waals surface area (Å²) in [6.45, 7) is 5.65. The number of pyridine rings is 1. The normalized spacial score (nSPS) is 14.1. The second-order valence-corrected chi connectivity index (χ2v) is 8.49. The minimum atomic E-state index is -0.150. The van der Waals surface area contributed by atoms with Gasteiger partial charge in [0.2, 0.25) is 0 Å². The van der Waals surface area contributed by atoms with Crippen molar-refractivity contribution < 1.29 is 9.47 Å². The zero-order valence-electron chi connectivity index (χ0n) is 18.6. The van der Waals surface area contributed by atoms with Gasteiger partial charge in [-0.15, -0.1) is 12.4 Å². The Bertz CT molecular complexity index is 1300. The average Bonchev–Trinajstić information content (AvgIpc) is 3.25. The molecule has 4 aromatic rings. The van der Waals surface area contributed by atoms with E-state index in [1.807, 2.05) is 53.3 Å². The van der Waals surface area contributed by atoms with E-state index in [0.717, 1.165) is 61.5 Å². The van der Waals surface area contributed by atoms with E-state index in [2.05, 4.69) is 10.00 Å². The van der Waals surface area contributed by atoms with Crippen molar-refractivity contribution in [1.29, 1.82) is 0 Å². The first-order chi connectivity index (χ1) is 16.2. The van der Waals surface area contributed by atoms with E-state index in [4.69, 9.17) is 21.1 Å². The number of halogens is 2. The van der Waals surface area contributed by atoms with Gasteiger partial charge in [0, 0.05) is 48.0 Å². The van der Waals surface area contributed by atoms with Crippen LogP contribution in [0.25, 0.3) is 16.6 Å². The number of hydrogen-bond donors (Lipinski definition) is 0. The molecule has 5 rings (SSSR count). The lowest BCUT2D eigenvalue weighted by molar-refractivity contribution is 0.0361. The zero-order valence-corrected chi connectivity index (χ0v) is 20.2. The molecule has 0 saturated carbocycles. The Labute approximate surface area is 208 Å². The van der Waals surface area contributed by atoms with E-state index in [1.165, 1.54) is 6.07 Å². The van der Waals surface area contributed by atoms with Crippen LogP contribution in [0.2, 0.25) is 5.02 Å². The maximum Gasteiger partial charge on any atom is 0.258 e. The van der Waals surface area contributed by atoms with Gasteiger partial charge in [-0.25, -0.2) is 0 Å². The largest absolute Gasteiger partial charge is 0.489 e. The van der Waals surface area contributed by atoms with Gasteiger partial charge in [-0.1, -0.05) is 23.7 Å². The molecule has 34 heavy (non-hydrogen) atoms. The molecule has 1 aliphatic heterocycles. The lowest BCUT2D eigenvalue weighted by Gasteiger charge is -2.26. The summed E-state index contributed by atoms with van der Waals surface area (Å²) in [5, 5.41) is 6.24. The molecule has 2 aromatic heterocycles. The molecule has 0 spiro atoms. The molecule has 9 heteroatoms. The van der Waals surface area contributed by atoms with Gasteiger partial charge in [0.1, 0.15) is 12.4 Å². The van der Waals surface area contributed by atoms with Crippen molar-refractivity contribution in [2.45, 2.75) is 13.2 Å². The van der Waals surface area contributed by atoms with Gasteiger partial charge in [-0.05, 0) is 42.0 Å². The fraction of sp³-hybridized carbons (Fsp3) is 0.280. The molecule has 0 atom stereocenters. The average molecular weight is 501 g/mol. The molecule has 1 saturated heterocycles. The first-order valence-electron chi connectivity index (χ1n) is 11.0. The molecule has 0 aliphatic carbocycles. The SMILES string of the molecule is Cl.O=c1cc(OCc2ccc(Cl)cc2)ccn1-c1ccc2c(cnn2CCN2CCOCC2)c1. The number of rotatable bonds is 7. The van der Waals surface area contributed by atoms with Crippen molar-refractivity contribution in [3.8, 4) is 11.4 Å². The van der Waals surface area contributed by atoms with Gasteiger partial charge in [0.25, 0.3) is 5.56 Å². The molecule has 0 radical (unpaired) electrons. The molecule has 178 valence electrons. The first-order valence-corrected chi connectivity index (χ1v) is 11.4. The van der Waals surface area contributed by atoms with Crippen LogP contribution in [0.5, 0.6) is 5.75 Å². The molecule has 7 nitrogen and oxygen atoms in total. The van der Waals surface area contributed by atoms with Gasteiger partial charge in [0.15, 0.2) is 0 Å². The van der Waals surface area contributed by atoms with Crippen LogP contribution in [0.3, 0.4) is 0 Å². The molecule has 1 fully saturated rings. The van der Waals surface area contributed by atoms with E-state index in [-0.39, 0.29) is 18.0 Å². The summed E-state index contributed by atoms with van der Waals surface area (Å²) in [7, 11) is 0. The Balaban J connectivity index is 0.00000274. The van der Waals surface area contributed by atoms with Gasteiger partial charge >= 0.3 is 0 Å². The first kappa shape index (κ1) is 24.3. The Hall–Kier alpha value is -2.84. The summed E-state index contributed by atoms with van der Waals surface area (Å²) >= 11 is 5.91. The molecule has 0 N–H and O–H groups in total. The predicted octanol–water partition coefficient (Wildman–Crippen LogP) is 4.17. The van der Waals surface area contributed by atoms with Gasteiger partial charge in [-0.2, -0.15) is 5.10 Å². The fourth-order valence-corrected chi connectivity index (χ4v) is 4.10. The van der Waals surface area contributed by atoms with Crippen LogP contribution in [-0.2, 0) is 17.9 Å². The second-order valence-electron chi connectivity index (χ2n) is 8.05. The molecule has 0 unspecified atom stereocenters. The lowest BCUT2D eigenvalue weighted by Crippen LogP contribution is -2.38. The highest BCUT2D eigenvalue weighted by molar-refractivity contribution is 6.30. The van der Waals surface area contributed by atoms with E-state index >= 15 is 0 Å². The predicted molar refractivity (Wildman–Crippen MR) is 136 cm³/mol. The number of ether oxygens (including phenoxy) is 2. The fourth-order valence-electron chi connectivity index (χ4n) is 3.97. The maximum absolute atomic E-state index is 12.7. The Morgan fingerprint density at radius 3 is 2.56 bits per heavy atom. The summed E-state index contributed by atoms with van der Waals surface area (Å²) in [6.07, 6.45) is 3.59. The number of fused-ring (bicyclic) bond motifs is 1. The van der Waals surface area contributed by atoms with Crippen LogP contribution in [0, 0.1) is 0 Å². The molecular formula is C25H26Cl2N4O3. The summed E-state index contributed by atoms with van der Waals surface area (Å²) in [5.41, 5.74) is 2.69. The summed E-state index contributed by atoms with van der Waals surface area (Å²) < 4.78 is 14.8. The van der Waals surface area contributed by atoms with Crippen molar-refractivity contribution in [2.75, 3.05) is 32.8 Å². The van der Waals surface area contributed by atoms with Crippen LogP contribution in [0.4, 0.5) is 0 Å². The van der Waals surface area contributed by atoms with Crippen LogP contribution < -0.4 is 10.3 Å². The lowest BCUT2D eigenvalue weighted by atomic mass is 10.2. The van der Waals surface area contributed by atoms with Crippen LogP contribution in [0.15, 0.2) is 71.8 Å². The smallest absolute Gasteiger partial charge is 0.258 e. The third kappa shape index (κ3) is 5.62. The number of morpholine rings is 1. The standard InChI is InChI=1S/C25H25ClN4O3.ClH/c26-21-3-1-19(2-4-21)18-33-23-7-8-29(25(31)16-23)22-5-6-24-20(15-22)17-27-30(24)10-9-28-11-13-32-14-12-28;/h1-8,15-17H,9-14,18H2;1H. The minimum Gasteiger partial charge on any atom is -0.489 e. The van der Waals surface area contributed by atoms with Gasteiger partial charge in [0.05, 0.1) is 31.5 Å². The molecular weight excluding hydrogens is 475 g/mol. The highest BCUT2D eigenvalue weighted by atomic mass is 35.5. The highest BCUT2D eigenvalue weighted by Crippen LogP contribution is 2.19. The van der Waals surface area contributed by atoms with E-state index in [9.17, 15) is 4.79 Å². The minimum absolute atomic E-state index is 0. The molecule has 0 bridgehead atoms. The molecule has 3 heterocycles. The number of nitrogens with zero attached hydrogens (tertiary/aromatic N) is 4. The third-order valence-electron chi connectivity index (χ3n) is 5.85. The third-order valence-corrected chi connectivity index (χ3v) is 6.10. The van der Waals surface area contributed by atoms with Gasteiger partial charge in [-0.3, -0.25) is 18.9 Å². The van der Waals surface area contributed by atoms with Crippen molar-refractivity contribution >= 4 is 34.9 Å². The van der Waals surface area contributed by atoms with Crippen LogP contribution in [-0.4, -0.2) is 52.1 Å². The van der Waals surface area contributed by atoms with Crippen LogP contribution in [0.1, 0.15) is 5.56 Å². The quantitative estimate of drug-likeness (QED) is 0.381. The highest BCUT2D eigenvalue weighted by Gasteiger charge is 2.12. The van der Waals surface area contributed by atoms with Crippen LogP contribution >= 0.6 is 24.0 Å². The van der Waals surface area contributed by atoms with E-state index in [1.54, 1.807) is 16.8 Å². The van der Waals surface area contributed by atoms with Crippen molar-refractivity contribution in [1.82, 2.24) is 19.2 Å². The molecule has 0 amide bonds. The van der Waals surface area contributed by atoms with Crippen molar-refractivity contribution in [2.24, 2.45) is 0 Å². The summed E-state index contributed by atoms with van der Waals surface area (Å²) in [5.74, 6) is 0.531. The summed E-state index contributed by atoms with van der Waals surface area (Å²) in [4.78, 5) is 15.1. The van der Waals surface area contributed by atoms with E-state index in [0.29, 0.717) is 17.4 Å². The number of benzene rings is 2. The molecule has 1 aliphatic rings. The second kappa shape index (κ2) is 11.1. The zero-order chi connectivity index (χ0) is 22.6.